The third kappa shape index (κ3) is 3.42. The van der Waals surface area contributed by atoms with Gasteiger partial charge in [0.2, 0.25) is 0 Å². The van der Waals surface area contributed by atoms with Crippen LogP contribution >= 0.6 is 0 Å². The number of pyridine rings is 1. The SMILES string of the molecule is CC(C)CCNC(=O)c1c[nH]c(=O)cc1O. The Morgan fingerprint density at radius 1 is 1.56 bits per heavy atom. The number of aromatic nitrogens is 1. The van der Waals surface area contributed by atoms with E-state index in [0.717, 1.165) is 12.5 Å². The molecule has 5 heteroatoms. The highest BCUT2D eigenvalue weighted by molar-refractivity contribution is 5.96. The summed E-state index contributed by atoms with van der Waals surface area (Å²) in [5, 5.41) is 12.1. The van der Waals surface area contributed by atoms with Gasteiger partial charge in [-0.1, -0.05) is 13.8 Å². The molecule has 0 aromatic carbocycles. The number of carbonyl (C=O) groups excluding carboxylic acids is 1. The molecule has 0 aliphatic heterocycles. The molecular formula is C11H16N2O3. The Morgan fingerprint density at radius 2 is 2.25 bits per heavy atom. The minimum atomic E-state index is -0.434. The topological polar surface area (TPSA) is 82.2 Å². The molecule has 0 radical (unpaired) electrons. The molecule has 0 bridgehead atoms. The van der Waals surface area contributed by atoms with Crippen molar-refractivity contribution in [3.63, 3.8) is 0 Å². The van der Waals surface area contributed by atoms with Gasteiger partial charge in [0.05, 0.1) is 5.56 Å². The summed E-state index contributed by atoms with van der Waals surface area (Å²) in [7, 11) is 0. The smallest absolute Gasteiger partial charge is 0.256 e. The van der Waals surface area contributed by atoms with E-state index in [9.17, 15) is 14.7 Å². The van der Waals surface area contributed by atoms with Crippen LogP contribution in [0.15, 0.2) is 17.1 Å². The van der Waals surface area contributed by atoms with Crippen molar-refractivity contribution in [2.75, 3.05) is 6.54 Å². The van der Waals surface area contributed by atoms with E-state index in [4.69, 9.17) is 0 Å². The maximum Gasteiger partial charge on any atom is 0.256 e. The summed E-state index contributed by atoms with van der Waals surface area (Å²) in [4.78, 5) is 24.7. The van der Waals surface area contributed by atoms with E-state index in [-0.39, 0.29) is 17.2 Å². The first-order chi connectivity index (χ1) is 7.50. The molecule has 0 saturated carbocycles. The summed E-state index contributed by atoms with van der Waals surface area (Å²) in [5.74, 6) is -0.176. The van der Waals surface area contributed by atoms with Gasteiger partial charge in [-0.15, -0.1) is 0 Å². The van der Waals surface area contributed by atoms with Crippen molar-refractivity contribution in [3.05, 3.63) is 28.2 Å². The monoisotopic (exact) mass is 224 g/mol. The van der Waals surface area contributed by atoms with E-state index in [1.54, 1.807) is 0 Å². The van der Waals surface area contributed by atoms with Crippen LogP contribution in [0.4, 0.5) is 0 Å². The highest BCUT2D eigenvalue weighted by Gasteiger charge is 2.10. The zero-order chi connectivity index (χ0) is 12.1. The molecule has 0 saturated heterocycles. The Bertz CT molecular complexity index is 423. The Balaban J connectivity index is 2.63. The van der Waals surface area contributed by atoms with Crippen LogP contribution in [0.2, 0.25) is 0 Å². The second-order valence-electron chi connectivity index (χ2n) is 4.03. The van der Waals surface area contributed by atoms with Gasteiger partial charge in [-0.25, -0.2) is 0 Å². The average molecular weight is 224 g/mol. The molecule has 3 N–H and O–H groups in total. The first-order valence-electron chi connectivity index (χ1n) is 5.20. The molecule has 0 spiro atoms. The van der Waals surface area contributed by atoms with E-state index in [1.807, 2.05) is 0 Å². The van der Waals surface area contributed by atoms with Crippen molar-refractivity contribution >= 4 is 5.91 Å². The summed E-state index contributed by atoms with van der Waals surface area (Å²) in [6.07, 6.45) is 2.08. The third-order valence-corrected chi connectivity index (χ3v) is 2.15. The maximum atomic E-state index is 11.6. The van der Waals surface area contributed by atoms with Crippen LogP contribution in [0.1, 0.15) is 30.6 Å². The summed E-state index contributed by atoms with van der Waals surface area (Å²) in [6.45, 7) is 4.67. The molecule has 0 fully saturated rings. The number of hydrogen-bond donors (Lipinski definition) is 3. The fourth-order valence-electron chi connectivity index (χ4n) is 1.21. The zero-order valence-electron chi connectivity index (χ0n) is 9.41. The van der Waals surface area contributed by atoms with E-state index in [0.29, 0.717) is 12.5 Å². The van der Waals surface area contributed by atoms with Crippen LogP contribution < -0.4 is 10.9 Å². The lowest BCUT2D eigenvalue weighted by Crippen LogP contribution is -2.26. The number of aromatic hydroxyl groups is 1. The minimum Gasteiger partial charge on any atom is -0.507 e. The van der Waals surface area contributed by atoms with Gasteiger partial charge in [-0.3, -0.25) is 9.59 Å². The summed E-state index contributed by atoms with van der Waals surface area (Å²) >= 11 is 0. The summed E-state index contributed by atoms with van der Waals surface area (Å²) < 4.78 is 0. The van der Waals surface area contributed by atoms with Crippen LogP contribution in [0.25, 0.3) is 0 Å². The van der Waals surface area contributed by atoms with Crippen molar-refractivity contribution < 1.29 is 9.90 Å². The second kappa shape index (κ2) is 5.34. The number of hydrogen-bond acceptors (Lipinski definition) is 3. The molecule has 1 rings (SSSR count). The van der Waals surface area contributed by atoms with Gasteiger partial charge >= 0.3 is 0 Å². The van der Waals surface area contributed by atoms with Crippen molar-refractivity contribution in [1.29, 1.82) is 0 Å². The van der Waals surface area contributed by atoms with Crippen molar-refractivity contribution in [1.82, 2.24) is 10.3 Å². The van der Waals surface area contributed by atoms with Gasteiger partial charge in [-0.05, 0) is 12.3 Å². The lowest BCUT2D eigenvalue weighted by Gasteiger charge is -2.07. The number of H-pyrrole nitrogens is 1. The number of rotatable bonds is 4. The number of carbonyl (C=O) groups is 1. The zero-order valence-corrected chi connectivity index (χ0v) is 9.41. The molecule has 1 aromatic rings. The molecule has 1 heterocycles. The number of amides is 1. The first-order valence-corrected chi connectivity index (χ1v) is 5.20. The maximum absolute atomic E-state index is 11.6. The van der Waals surface area contributed by atoms with E-state index < -0.39 is 5.56 Å². The predicted molar refractivity (Wildman–Crippen MR) is 60.5 cm³/mol. The van der Waals surface area contributed by atoms with Crippen LogP contribution in [-0.2, 0) is 0 Å². The minimum absolute atomic E-state index is 0.0864. The van der Waals surface area contributed by atoms with Gasteiger partial charge < -0.3 is 15.4 Å². The predicted octanol–water partition coefficient (Wildman–Crippen LogP) is 0.856. The Hall–Kier alpha value is -1.78. The molecule has 88 valence electrons. The largest absolute Gasteiger partial charge is 0.507 e. The Labute approximate surface area is 93.5 Å². The normalized spacial score (nSPS) is 10.4. The first kappa shape index (κ1) is 12.3. The average Bonchev–Trinajstić information content (AvgIpc) is 2.16. The molecule has 1 amide bonds. The Morgan fingerprint density at radius 3 is 2.81 bits per heavy atom. The lowest BCUT2D eigenvalue weighted by molar-refractivity contribution is 0.0949. The molecule has 5 nitrogen and oxygen atoms in total. The quantitative estimate of drug-likeness (QED) is 0.709. The molecular weight excluding hydrogens is 208 g/mol. The molecule has 0 atom stereocenters. The highest BCUT2D eigenvalue weighted by Crippen LogP contribution is 2.11. The second-order valence-corrected chi connectivity index (χ2v) is 4.03. The number of aromatic amines is 1. The van der Waals surface area contributed by atoms with Gasteiger partial charge in [0.25, 0.3) is 11.5 Å². The van der Waals surface area contributed by atoms with Crippen LogP contribution in [0.5, 0.6) is 5.75 Å². The molecule has 1 aromatic heterocycles. The van der Waals surface area contributed by atoms with Crippen molar-refractivity contribution in [2.24, 2.45) is 5.92 Å². The van der Waals surface area contributed by atoms with Crippen molar-refractivity contribution in [2.45, 2.75) is 20.3 Å². The number of nitrogens with one attached hydrogen (secondary N) is 2. The standard InChI is InChI=1S/C11H16N2O3/c1-7(2)3-4-12-11(16)8-6-13-10(15)5-9(8)14/h5-7H,3-4H2,1-2H3,(H,12,16)(H2,13,14,15). The highest BCUT2D eigenvalue weighted by atomic mass is 16.3. The summed E-state index contributed by atoms with van der Waals surface area (Å²) in [5.41, 5.74) is -0.348. The van der Waals surface area contributed by atoms with E-state index >= 15 is 0 Å². The van der Waals surface area contributed by atoms with Crippen LogP contribution in [0, 0.1) is 5.92 Å². The molecule has 0 unspecified atom stereocenters. The fourth-order valence-corrected chi connectivity index (χ4v) is 1.21. The van der Waals surface area contributed by atoms with Gasteiger partial charge in [0.1, 0.15) is 5.75 Å². The van der Waals surface area contributed by atoms with Gasteiger partial charge in [-0.2, -0.15) is 0 Å². The molecule has 16 heavy (non-hydrogen) atoms. The van der Waals surface area contributed by atoms with Crippen LogP contribution in [0.3, 0.4) is 0 Å². The summed E-state index contributed by atoms with van der Waals surface area (Å²) in [6, 6.07) is 0.983. The third-order valence-electron chi connectivity index (χ3n) is 2.15. The molecule has 0 aliphatic carbocycles. The Kier molecular flexibility index (Phi) is 4.10. The van der Waals surface area contributed by atoms with Gasteiger partial charge in [0, 0.05) is 18.8 Å². The van der Waals surface area contributed by atoms with E-state index in [2.05, 4.69) is 24.1 Å². The molecule has 0 aliphatic rings. The lowest BCUT2D eigenvalue weighted by atomic mass is 10.1. The van der Waals surface area contributed by atoms with Gasteiger partial charge in [0.15, 0.2) is 0 Å². The van der Waals surface area contributed by atoms with Crippen LogP contribution in [-0.4, -0.2) is 22.5 Å². The van der Waals surface area contributed by atoms with E-state index in [1.165, 1.54) is 6.20 Å². The fraction of sp³-hybridized carbons (Fsp3) is 0.455. The van der Waals surface area contributed by atoms with Crippen molar-refractivity contribution in [3.8, 4) is 5.75 Å².